The molecule has 6 nitrogen and oxygen atoms in total. The van der Waals surface area contributed by atoms with Gasteiger partial charge in [-0.15, -0.1) is 0 Å². The van der Waals surface area contributed by atoms with Crippen LogP contribution in [0.2, 0.25) is 0 Å². The van der Waals surface area contributed by atoms with Gasteiger partial charge in [0.25, 0.3) is 5.91 Å². The van der Waals surface area contributed by atoms with Gasteiger partial charge in [-0.25, -0.2) is 0 Å². The Morgan fingerprint density at radius 3 is 2.69 bits per heavy atom. The number of aromatic nitrogens is 1. The molecule has 1 aromatic heterocycles. The molecular formula is C20H22F3N3O3. The second-order valence-electron chi connectivity index (χ2n) is 6.87. The number of rotatable bonds is 6. The molecule has 0 aliphatic carbocycles. The van der Waals surface area contributed by atoms with Gasteiger partial charge in [0, 0.05) is 32.4 Å². The first-order valence-electron chi connectivity index (χ1n) is 9.14. The molecule has 9 heteroatoms. The molecule has 1 amide bonds. The van der Waals surface area contributed by atoms with Crippen LogP contribution in [-0.2, 0) is 17.6 Å². The van der Waals surface area contributed by atoms with Crippen LogP contribution in [0.15, 0.2) is 42.7 Å². The Labute approximate surface area is 166 Å². The van der Waals surface area contributed by atoms with E-state index in [1.807, 2.05) is 0 Å². The van der Waals surface area contributed by atoms with E-state index < -0.39 is 11.7 Å². The number of carbonyl (C=O) groups excluding carboxylic acids is 1. The number of benzene rings is 1. The predicted molar refractivity (Wildman–Crippen MR) is 100 cm³/mol. The van der Waals surface area contributed by atoms with Gasteiger partial charge in [0.15, 0.2) is 6.61 Å². The quantitative estimate of drug-likeness (QED) is 0.795. The Bertz CT molecular complexity index is 843. The molecule has 29 heavy (non-hydrogen) atoms. The average molecular weight is 409 g/mol. The zero-order chi connectivity index (χ0) is 21.0. The van der Waals surface area contributed by atoms with Crippen molar-refractivity contribution in [3.63, 3.8) is 0 Å². The van der Waals surface area contributed by atoms with Gasteiger partial charge in [-0.05, 0) is 30.2 Å². The highest BCUT2D eigenvalue weighted by molar-refractivity contribution is 5.78. The number of likely N-dealkylation sites (N-methyl/N-ethyl adjacent to an activating group) is 1. The average Bonchev–Trinajstić information content (AvgIpc) is 3.21. The lowest BCUT2D eigenvalue weighted by molar-refractivity contribution is -0.137. The minimum Gasteiger partial charge on any atom is -0.484 e. The molecule has 0 radical (unpaired) electrons. The molecule has 1 fully saturated rings. The summed E-state index contributed by atoms with van der Waals surface area (Å²) in [6.07, 6.45) is -1.60. The van der Waals surface area contributed by atoms with Crippen LogP contribution in [0.3, 0.4) is 0 Å². The molecule has 3 rings (SSSR count). The van der Waals surface area contributed by atoms with Gasteiger partial charge in [-0.2, -0.15) is 13.2 Å². The van der Waals surface area contributed by atoms with E-state index in [1.54, 1.807) is 36.2 Å². The normalized spacial score (nSPS) is 16.7. The third kappa shape index (κ3) is 4.97. The molecule has 1 aliphatic heterocycles. The van der Waals surface area contributed by atoms with Crippen molar-refractivity contribution in [2.24, 2.45) is 0 Å². The van der Waals surface area contributed by atoms with Gasteiger partial charge in [0.2, 0.25) is 0 Å². The van der Waals surface area contributed by atoms with Crippen LogP contribution in [0.1, 0.15) is 17.5 Å². The van der Waals surface area contributed by atoms with Crippen molar-refractivity contribution >= 4 is 11.6 Å². The summed E-state index contributed by atoms with van der Waals surface area (Å²) < 4.78 is 45.3. The number of pyridine rings is 1. The van der Waals surface area contributed by atoms with E-state index >= 15 is 0 Å². The van der Waals surface area contributed by atoms with E-state index in [1.165, 1.54) is 11.1 Å². The van der Waals surface area contributed by atoms with Gasteiger partial charge in [-0.3, -0.25) is 9.78 Å². The number of hydrogen-bond donors (Lipinski definition) is 1. The number of carbonyl (C=O) groups is 1. The van der Waals surface area contributed by atoms with Crippen LogP contribution in [0.25, 0.3) is 0 Å². The molecule has 0 spiro atoms. The number of amides is 1. The maximum Gasteiger partial charge on any atom is 0.418 e. The number of hydrogen-bond acceptors (Lipinski definition) is 5. The molecule has 156 valence electrons. The highest BCUT2D eigenvalue weighted by atomic mass is 19.4. The van der Waals surface area contributed by atoms with Crippen LogP contribution in [0.5, 0.6) is 5.75 Å². The summed E-state index contributed by atoms with van der Waals surface area (Å²) in [6.45, 7) is 0.529. The largest absolute Gasteiger partial charge is 0.484 e. The molecular weight excluding hydrogens is 387 g/mol. The molecule has 1 atom stereocenters. The summed E-state index contributed by atoms with van der Waals surface area (Å²) in [6, 6.07) is 7.45. The third-order valence-corrected chi connectivity index (χ3v) is 5.02. The lowest BCUT2D eigenvalue weighted by Gasteiger charge is -2.29. The van der Waals surface area contributed by atoms with Crippen molar-refractivity contribution < 1.29 is 27.8 Å². The third-order valence-electron chi connectivity index (χ3n) is 5.02. The lowest BCUT2D eigenvalue weighted by atomic mass is 10.1. The molecule has 0 unspecified atom stereocenters. The number of aliphatic hydroxyl groups excluding tert-OH is 1. The molecule has 0 saturated carbocycles. The zero-order valence-electron chi connectivity index (χ0n) is 15.9. The summed E-state index contributed by atoms with van der Waals surface area (Å²) in [4.78, 5) is 19.4. The minimum absolute atomic E-state index is 0.000443. The van der Waals surface area contributed by atoms with E-state index in [9.17, 15) is 18.0 Å². The number of nitrogens with zero attached hydrogens (tertiary/aromatic N) is 3. The van der Waals surface area contributed by atoms with Gasteiger partial charge >= 0.3 is 6.18 Å². The second-order valence-corrected chi connectivity index (χ2v) is 6.87. The van der Waals surface area contributed by atoms with E-state index in [4.69, 9.17) is 9.84 Å². The lowest BCUT2D eigenvalue weighted by Crippen LogP contribution is -2.39. The highest BCUT2D eigenvalue weighted by Crippen LogP contribution is 2.36. The Morgan fingerprint density at radius 2 is 2.03 bits per heavy atom. The molecule has 1 saturated heterocycles. The van der Waals surface area contributed by atoms with E-state index in [2.05, 4.69) is 4.98 Å². The molecule has 1 aliphatic rings. The van der Waals surface area contributed by atoms with E-state index in [0.717, 1.165) is 17.8 Å². The van der Waals surface area contributed by atoms with Gasteiger partial charge < -0.3 is 19.6 Å². The van der Waals surface area contributed by atoms with E-state index in [0.29, 0.717) is 25.3 Å². The first-order chi connectivity index (χ1) is 13.8. The Balaban J connectivity index is 1.58. The second kappa shape index (κ2) is 8.69. The molecule has 1 aromatic carbocycles. The fourth-order valence-corrected chi connectivity index (χ4v) is 3.32. The number of likely N-dealkylation sites (tertiary alicyclic amines) is 1. The smallest absolute Gasteiger partial charge is 0.418 e. The van der Waals surface area contributed by atoms with E-state index in [-0.39, 0.29) is 30.9 Å². The van der Waals surface area contributed by atoms with Gasteiger partial charge in [-0.1, -0.05) is 12.1 Å². The number of anilines is 1. The Kier molecular flexibility index (Phi) is 6.26. The number of ether oxygens (including phenoxy) is 1. The van der Waals surface area contributed by atoms with Crippen LogP contribution in [0.4, 0.5) is 18.9 Å². The highest BCUT2D eigenvalue weighted by Gasteiger charge is 2.37. The molecule has 2 aromatic rings. The monoisotopic (exact) mass is 409 g/mol. The maximum atomic E-state index is 13.3. The molecule has 0 bridgehead atoms. The maximum absolute atomic E-state index is 13.3. The summed E-state index contributed by atoms with van der Waals surface area (Å²) >= 11 is 0. The Morgan fingerprint density at radius 1 is 1.31 bits per heavy atom. The van der Waals surface area contributed by atoms with Crippen LogP contribution < -0.4 is 9.64 Å². The van der Waals surface area contributed by atoms with Crippen molar-refractivity contribution in [3.05, 3.63) is 53.9 Å². The summed E-state index contributed by atoms with van der Waals surface area (Å²) in [5.41, 5.74) is -0.00307. The fraction of sp³-hybridized carbons (Fsp3) is 0.400. The standard InChI is InChI=1S/C20H22F3N3O3/c1-25(18-10-24-8-6-17(18)20(21,22)23)15-7-9-26(11-15)19(28)13-29-16-4-2-14(12-27)3-5-16/h2-6,8,10,15,27H,7,9,11-13H2,1H3/t15-/m0/s1. The molecule has 2 heterocycles. The van der Waals surface area contributed by atoms with Crippen molar-refractivity contribution in [1.82, 2.24) is 9.88 Å². The van der Waals surface area contributed by atoms with Gasteiger partial charge in [0.05, 0.1) is 24.1 Å². The van der Waals surface area contributed by atoms with Crippen LogP contribution in [0, 0.1) is 0 Å². The number of alkyl halides is 3. The predicted octanol–water partition coefficient (Wildman–Crippen LogP) is 2.71. The molecule has 1 N–H and O–H groups in total. The van der Waals surface area contributed by atoms with Crippen molar-refractivity contribution in [1.29, 1.82) is 0 Å². The minimum atomic E-state index is -4.47. The Hall–Kier alpha value is -2.81. The zero-order valence-corrected chi connectivity index (χ0v) is 15.9. The van der Waals surface area contributed by atoms with Crippen molar-refractivity contribution in [2.75, 3.05) is 31.6 Å². The first-order valence-corrected chi connectivity index (χ1v) is 9.14. The SMILES string of the molecule is CN(c1cnccc1C(F)(F)F)[C@H]1CCN(C(=O)COc2ccc(CO)cc2)C1. The van der Waals surface area contributed by atoms with Crippen LogP contribution >= 0.6 is 0 Å². The summed E-state index contributed by atoms with van der Waals surface area (Å²) in [5.74, 6) is 0.281. The number of aliphatic hydroxyl groups is 1. The van der Waals surface area contributed by atoms with Crippen molar-refractivity contribution in [2.45, 2.75) is 25.2 Å². The van der Waals surface area contributed by atoms with Crippen molar-refractivity contribution in [3.8, 4) is 5.75 Å². The number of halogens is 3. The van der Waals surface area contributed by atoms with Gasteiger partial charge in [0.1, 0.15) is 5.75 Å². The van der Waals surface area contributed by atoms with Crippen LogP contribution in [-0.4, -0.2) is 53.7 Å². The summed E-state index contributed by atoms with van der Waals surface area (Å²) in [7, 11) is 1.59. The first kappa shape index (κ1) is 20.9. The fourth-order valence-electron chi connectivity index (χ4n) is 3.32. The summed E-state index contributed by atoms with van der Waals surface area (Å²) in [5, 5.41) is 9.03. The topological polar surface area (TPSA) is 65.9 Å².